The minimum Gasteiger partial charge on any atom is -0.479 e. The van der Waals surface area contributed by atoms with E-state index in [2.05, 4.69) is 10.6 Å². The molecular weight excluding hydrogens is 252 g/mol. The molecule has 0 radical (unpaired) electrons. The van der Waals surface area contributed by atoms with Gasteiger partial charge in [-0.1, -0.05) is 12.5 Å². The van der Waals surface area contributed by atoms with E-state index in [0.29, 0.717) is 17.3 Å². The topological polar surface area (TPSA) is 78.4 Å². The van der Waals surface area contributed by atoms with Gasteiger partial charge in [-0.25, -0.2) is 9.59 Å². The van der Waals surface area contributed by atoms with Gasteiger partial charge in [-0.05, 0) is 30.2 Å². The first-order valence-corrected chi connectivity index (χ1v) is 6.85. The van der Waals surface area contributed by atoms with Crippen LogP contribution in [-0.4, -0.2) is 23.7 Å². The van der Waals surface area contributed by atoms with E-state index in [1.807, 2.05) is 0 Å². The second-order valence-electron chi connectivity index (χ2n) is 4.44. The Balaban J connectivity index is 1.84. The van der Waals surface area contributed by atoms with Crippen molar-refractivity contribution >= 4 is 23.3 Å². The Morgan fingerprint density at radius 2 is 2.28 bits per heavy atom. The maximum Gasteiger partial charge on any atom is 0.331 e. The fourth-order valence-corrected chi connectivity index (χ4v) is 2.59. The van der Waals surface area contributed by atoms with Crippen LogP contribution in [0.15, 0.2) is 17.5 Å². The molecule has 18 heavy (non-hydrogen) atoms. The summed E-state index contributed by atoms with van der Waals surface area (Å²) in [6.45, 7) is 0.628. The molecular formula is C12H16N2O3S. The number of nitrogens with one attached hydrogen (secondary N) is 2. The van der Waals surface area contributed by atoms with Crippen molar-refractivity contribution in [3.8, 4) is 0 Å². The molecule has 1 aromatic rings. The number of urea groups is 1. The van der Waals surface area contributed by atoms with Gasteiger partial charge in [0.2, 0.25) is 0 Å². The predicted octanol–water partition coefficient (Wildman–Crippen LogP) is 1.97. The zero-order valence-corrected chi connectivity index (χ0v) is 10.7. The van der Waals surface area contributed by atoms with Crippen LogP contribution in [0.5, 0.6) is 0 Å². The Bertz CT molecular complexity index is 415. The number of hydrogen-bond donors (Lipinski definition) is 3. The summed E-state index contributed by atoms with van der Waals surface area (Å²) < 4.78 is 0. The fraction of sp³-hybridized carbons (Fsp3) is 0.500. The largest absolute Gasteiger partial charge is 0.479 e. The van der Waals surface area contributed by atoms with E-state index in [9.17, 15) is 9.59 Å². The van der Waals surface area contributed by atoms with Gasteiger partial charge in [0.05, 0.1) is 0 Å². The molecule has 1 heterocycles. The molecule has 1 fully saturated rings. The van der Waals surface area contributed by atoms with Crippen LogP contribution in [-0.2, 0) is 4.79 Å². The van der Waals surface area contributed by atoms with E-state index in [1.54, 1.807) is 17.5 Å². The molecule has 0 aromatic carbocycles. The van der Waals surface area contributed by atoms with Gasteiger partial charge in [-0.2, -0.15) is 0 Å². The summed E-state index contributed by atoms with van der Waals surface area (Å²) in [5.74, 6) is -0.489. The van der Waals surface area contributed by atoms with Crippen molar-refractivity contribution < 1.29 is 14.7 Å². The van der Waals surface area contributed by atoms with Crippen molar-refractivity contribution in [2.24, 2.45) is 5.92 Å². The molecule has 1 aromatic heterocycles. The van der Waals surface area contributed by atoms with Crippen molar-refractivity contribution in [2.45, 2.75) is 25.3 Å². The van der Waals surface area contributed by atoms with Gasteiger partial charge in [0, 0.05) is 11.4 Å². The summed E-state index contributed by atoms with van der Waals surface area (Å²) in [5, 5.41) is 16.1. The van der Waals surface area contributed by atoms with Crippen molar-refractivity contribution in [3.05, 3.63) is 22.4 Å². The van der Waals surface area contributed by atoms with Gasteiger partial charge in [0.25, 0.3) is 0 Å². The molecule has 1 atom stereocenters. The number of aliphatic carboxylic acids is 1. The number of carboxylic acid groups (broad SMARTS) is 1. The molecule has 0 bridgehead atoms. The highest BCUT2D eigenvalue weighted by Gasteiger charge is 2.24. The smallest absolute Gasteiger partial charge is 0.331 e. The molecule has 3 N–H and O–H groups in total. The highest BCUT2D eigenvalue weighted by atomic mass is 32.1. The van der Waals surface area contributed by atoms with E-state index in [1.165, 1.54) is 17.8 Å². The minimum absolute atomic E-state index is 0.414. The summed E-state index contributed by atoms with van der Waals surface area (Å²) in [4.78, 5) is 23.3. The Morgan fingerprint density at radius 3 is 2.78 bits per heavy atom. The van der Waals surface area contributed by atoms with Gasteiger partial charge in [0.1, 0.15) is 0 Å². The van der Waals surface area contributed by atoms with Gasteiger partial charge >= 0.3 is 12.0 Å². The Labute approximate surface area is 109 Å². The number of hydrogen-bond acceptors (Lipinski definition) is 3. The van der Waals surface area contributed by atoms with Gasteiger partial charge in [-0.3, -0.25) is 0 Å². The monoisotopic (exact) mass is 268 g/mol. The van der Waals surface area contributed by atoms with Crippen LogP contribution in [0.2, 0.25) is 0 Å². The Kier molecular flexibility index (Phi) is 4.19. The molecule has 0 saturated heterocycles. The van der Waals surface area contributed by atoms with Crippen LogP contribution < -0.4 is 10.6 Å². The normalized spacial score (nSPS) is 16.7. The van der Waals surface area contributed by atoms with Crippen molar-refractivity contribution in [1.82, 2.24) is 10.6 Å². The first-order chi connectivity index (χ1) is 8.66. The van der Waals surface area contributed by atoms with Crippen molar-refractivity contribution in [2.75, 3.05) is 6.54 Å². The highest BCUT2D eigenvalue weighted by Crippen LogP contribution is 2.25. The summed E-state index contributed by atoms with van der Waals surface area (Å²) in [7, 11) is 0. The summed E-state index contributed by atoms with van der Waals surface area (Å²) >= 11 is 1.32. The average molecular weight is 268 g/mol. The lowest BCUT2D eigenvalue weighted by atomic mass is 9.85. The molecule has 1 unspecified atom stereocenters. The first kappa shape index (κ1) is 12.9. The predicted molar refractivity (Wildman–Crippen MR) is 68.6 cm³/mol. The van der Waals surface area contributed by atoms with Gasteiger partial charge in [-0.15, -0.1) is 11.3 Å². The van der Waals surface area contributed by atoms with E-state index in [4.69, 9.17) is 5.11 Å². The number of amides is 2. The number of carboxylic acids is 1. The number of carbonyl (C=O) groups is 2. The summed E-state index contributed by atoms with van der Waals surface area (Å²) in [5.41, 5.74) is 0. The van der Waals surface area contributed by atoms with Crippen molar-refractivity contribution in [3.63, 3.8) is 0 Å². The average Bonchev–Trinajstić information content (AvgIpc) is 2.76. The third kappa shape index (κ3) is 3.22. The minimum atomic E-state index is -1.05. The molecule has 1 aliphatic rings. The summed E-state index contributed by atoms with van der Waals surface area (Å²) in [6.07, 6.45) is 3.52. The van der Waals surface area contributed by atoms with Crippen molar-refractivity contribution in [1.29, 1.82) is 0 Å². The van der Waals surface area contributed by atoms with Crippen LogP contribution in [0, 0.1) is 5.92 Å². The number of carbonyl (C=O) groups excluding carboxylic acids is 1. The van der Waals surface area contributed by atoms with Crippen LogP contribution in [0.1, 0.15) is 30.2 Å². The lowest BCUT2D eigenvalue weighted by Gasteiger charge is -2.25. The molecule has 0 aliphatic heterocycles. The van der Waals surface area contributed by atoms with Gasteiger partial charge < -0.3 is 15.7 Å². The number of thiophene rings is 1. The van der Waals surface area contributed by atoms with Crippen LogP contribution >= 0.6 is 11.3 Å². The lowest BCUT2D eigenvalue weighted by Crippen LogP contribution is -2.43. The SMILES string of the molecule is O=C(NCC1CCC1)NC(C(=O)O)c1cccs1. The highest BCUT2D eigenvalue weighted by molar-refractivity contribution is 7.10. The molecule has 6 heteroatoms. The molecule has 1 saturated carbocycles. The quantitative estimate of drug-likeness (QED) is 0.764. The molecule has 0 spiro atoms. The third-order valence-corrected chi connectivity index (χ3v) is 4.06. The second kappa shape index (κ2) is 5.86. The molecule has 2 amide bonds. The zero-order chi connectivity index (χ0) is 13.0. The molecule has 2 rings (SSSR count). The molecule has 1 aliphatic carbocycles. The van der Waals surface area contributed by atoms with E-state index >= 15 is 0 Å². The zero-order valence-electron chi connectivity index (χ0n) is 9.89. The van der Waals surface area contributed by atoms with E-state index in [0.717, 1.165) is 12.8 Å². The molecule has 5 nitrogen and oxygen atoms in total. The van der Waals surface area contributed by atoms with Crippen LogP contribution in [0.25, 0.3) is 0 Å². The first-order valence-electron chi connectivity index (χ1n) is 5.97. The maximum atomic E-state index is 11.6. The lowest BCUT2D eigenvalue weighted by molar-refractivity contribution is -0.139. The number of rotatable bonds is 5. The maximum absolute atomic E-state index is 11.6. The second-order valence-corrected chi connectivity index (χ2v) is 5.42. The fourth-order valence-electron chi connectivity index (χ4n) is 1.83. The third-order valence-electron chi connectivity index (χ3n) is 3.13. The van der Waals surface area contributed by atoms with E-state index in [-0.39, 0.29) is 0 Å². The Hall–Kier alpha value is -1.56. The van der Waals surface area contributed by atoms with Gasteiger partial charge in [0.15, 0.2) is 6.04 Å². The van der Waals surface area contributed by atoms with Crippen LogP contribution in [0.4, 0.5) is 4.79 Å². The van der Waals surface area contributed by atoms with E-state index < -0.39 is 18.0 Å². The summed E-state index contributed by atoms with van der Waals surface area (Å²) in [6, 6.07) is 2.09. The Morgan fingerprint density at radius 1 is 1.50 bits per heavy atom. The standard InChI is InChI=1S/C12H16N2O3S/c15-11(16)10(9-5-2-6-18-9)14-12(17)13-7-8-3-1-4-8/h2,5-6,8,10H,1,3-4,7H2,(H,15,16)(H2,13,14,17). The molecule has 98 valence electrons. The van der Waals surface area contributed by atoms with Crippen LogP contribution in [0.3, 0.4) is 0 Å².